The first-order valence-corrected chi connectivity index (χ1v) is 7.57. The van der Waals surface area contributed by atoms with E-state index in [1.54, 1.807) is 66.7 Å². The fourth-order valence-electron chi connectivity index (χ4n) is 2.20. The molecule has 0 aliphatic rings. The molecule has 5 heteroatoms. The van der Waals surface area contributed by atoms with Gasteiger partial charge in [-0.15, -0.1) is 0 Å². The number of carbonyl (C=O) groups excluding carboxylic acids is 1. The molecule has 1 N–H and O–H groups in total. The summed E-state index contributed by atoms with van der Waals surface area (Å²) in [4.78, 5) is 11.4. The first kappa shape index (κ1) is 16.4. The molecule has 0 saturated carbocycles. The molecule has 0 spiro atoms. The Hall–Kier alpha value is -3.47. The summed E-state index contributed by atoms with van der Waals surface area (Å²) in [6.45, 7) is 0. The SMILES string of the molecule is COC(=O)c1ccc(Oc2cccc(Oc3cccc(O)c3)c2)cc1. The minimum Gasteiger partial charge on any atom is -0.508 e. The summed E-state index contributed by atoms with van der Waals surface area (Å²) < 4.78 is 16.1. The van der Waals surface area contributed by atoms with Crippen molar-refractivity contribution < 1.29 is 24.1 Å². The minimum absolute atomic E-state index is 0.135. The summed E-state index contributed by atoms with van der Waals surface area (Å²) >= 11 is 0. The van der Waals surface area contributed by atoms with E-state index in [0.717, 1.165) is 0 Å². The van der Waals surface area contributed by atoms with Gasteiger partial charge in [-0.05, 0) is 48.5 Å². The Labute approximate surface area is 145 Å². The molecule has 3 aromatic rings. The standard InChI is InChI=1S/C20H16O5/c1-23-20(22)14-8-10-16(11-9-14)24-18-6-3-7-19(13-18)25-17-5-2-4-15(21)12-17/h2-13,21H,1H3. The fraction of sp³-hybridized carbons (Fsp3) is 0.0500. The van der Waals surface area contributed by atoms with E-state index in [-0.39, 0.29) is 5.75 Å². The van der Waals surface area contributed by atoms with Gasteiger partial charge in [0.05, 0.1) is 12.7 Å². The lowest BCUT2D eigenvalue weighted by molar-refractivity contribution is 0.0600. The molecule has 0 radical (unpaired) electrons. The Morgan fingerprint density at radius 2 is 1.32 bits per heavy atom. The molecule has 25 heavy (non-hydrogen) atoms. The highest BCUT2D eigenvalue weighted by Gasteiger charge is 2.06. The summed E-state index contributed by atoms with van der Waals surface area (Å²) in [5.41, 5.74) is 0.454. The number of aromatic hydroxyl groups is 1. The van der Waals surface area contributed by atoms with Crippen LogP contribution in [0.5, 0.6) is 28.7 Å². The molecule has 0 saturated heterocycles. The van der Waals surface area contributed by atoms with Crippen LogP contribution in [0.3, 0.4) is 0 Å². The number of rotatable bonds is 5. The van der Waals surface area contributed by atoms with E-state index in [0.29, 0.717) is 28.6 Å². The average molecular weight is 336 g/mol. The topological polar surface area (TPSA) is 65.0 Å². The molecule has 0 aromatic heterocycles. The molecule has 0 heterocycles. The lowest BCUT2D eigenvalue weighted by Gasteiger charge is -2.09. The molecule has 0 bridgehead atoms. The summed E-state index contributed by atoms with van der Waals surface area (Å²) in [6, 6.07) is 20.3. The predicted molar refractivity (Wildman–Crippen MR) is 92.5 cm³/mol. The average Bonchev–Trinajstić information content (AvgIpc) is 2.62. The third-order valence-corrected chi connectivity index (χ3v) is 3.37. The molecule has 0 amide bonds. The number of ether oxygens (including phenoxy) is 3. The van der Waals surface area contributed by atoms with Crippen LogP contribution in [-0.2, 0) is 4.74 Å². The molecule has 0 atom stereocenters. The Morgan fingerprint density at radius 3 is 1.92 bits per heavy atom. The molecule has 0 fully saturated rings. The Morgan fingerprint density at radius 1 is 0.760 bits per heavy atom. The van der Waals surface area contributed by atoms with Gasteiger partial charge in [0, 0.05) is 12.1 Å². The van der Waals surface area contributed by atoms with Crippen LogP contribution in [-0.4, -0.2) is 18.2 Å². The molecular weight excluding hydrogens is 320 g/mol. The fourth-order valence-corrected chi connectivity index (χ4v) is 2.20. The van der Waals surface area contributed by atoms with Crippen molar-refractivity contribution in [2.24, 2.45) is 0 Å². The lowest BCUT2D eigenvalue weighted by atomic mass is 10.2. The van der Waals surface area contributed by atoms with Crippen LogP contribution >= 0.6 is 0 Å². The monoisotopic (exact) mass is 336 g/mol. The van der Waals surface area contributed by atoms with E-state index < -0.39 is 5.97 Å². The van der Waals surface area contributed by atoms with Gasteiger partial charge in [0.1, 0.15) is 28.7 Å². The summed E-state index contributed by atoms with van der Waals surface area (Å²) in [5, 5.41) is 9.48. The Balaban J connectivity index is 1.72. The molecule has 5 nitrogen and oxygen atoms in total. The van der Waals surface area contributed by atoms with Gasteiger partial charge in [-0.3, -0.25) is 0 Å². The van der Waals surface area contributed by atoms with Crippen molar-refractivity contribution in [1.29, 1.82) is 0 Å². The van der Waals surface area contributed by atoms with Crippen LogP contribution in [0.2, 0.25) is 0 Å². The highest BCUT2D eigenvalue weighted by molar-refractivity contribution is 5.89. The highest BCUT2D eigenvalue weighted by Crippen LogP contribution is 2.29. The number of esters is 1. The second kappa shape index (κ2) is 7.40. The van der Waals surface area contributed by atoms with Crippen LogP contribution in [0.25, 0.3) is 0 Å². The maximum atomic E-state index is 11.4. The second-order valence-corrected chi connectivity index (χ2v) is 5.19. The van der Waals surface area contributed by atoms with Gasteiger partial charge in [-0.1, -0.05) is 12.1 Å². The van der Waals surface area contributed by atoms with E-state index in [2.05, 4.69) is 4.74 Å². The number of hydrogen-bond donors (Lipinski definition) is 1. The van der Waals surface area contributed by atoms with Gasteiger partial charge in [-0.2, -0.15) is 0 Å². The van der Waals surface area contributed by atoms with Gasteiger partial charge < -0.3 is 19.3 Å². The van der Waals surface area contributed by atoms with Crippen molar-refractivity contribution in [3.8, 4) is 28.7 Å². The third-order valence-electron chi connectivity index (χ3n) is 3.37. The van der Waals surface area contributed by atoms with E-state index >= 15 is 0 Å². The van der Waals surface area contributed by atoms with Gasteiger partial charge in [0.15, 0.2) is 0 Å². The van der Waals surface area contributed by atoms with Crippen molar-refractivity contribution >= 4 is 5.97 Å². The van der Waals surface area contributed by atoms with Crippen LogP contribution in [0.15, 0.2) is 72.8 Å². The number of hydrogen-bond acceptors (Lipinski definition) is 5. The largest absolute Gasteiger partial charge is 0.508 e. The van der Waals surface area contributed by atoms with Crippen molar-refractivity contribution in [2.45, 2.75) is 0 Å². The maximum Gasteiger partial charge on any atom is 0.337 e. The molecular formula is C20H16O5. The number of benzene rings is 3. The van der Waals surface area contributed by atoms with Crippen LogP contribution < -0.4 is 9.47 Å². The van der Waals surface area contributed by atoms with Gasteiger partial charge >= 0.3 is 5.97 Å². The van der Waals surface area contributed by atoms with Crippen LogP contribution in [0.1, 0.15) is 10.4 Å². The van der Waals surface area contributed by atoms with Gasteiger partial charge in [0.2, 0.25) is 0 Å². The first-order chi connectivity index (χ1) is 12.1. The zero-order valence-electron chi connectivity index (χ0n) is 13.5. The summed E-state index contributed by atoms with van der Waals surface area (Å²) in [5.74, 6) is 2.02. The lowest BCUT2D eigenvalue weighted by Crippen LogP contribution is -2.00. The van der Waals surface area contributed by atoms with Crippen molar-refractivity contribution in [1.82, 2.24) is 0 Å². The van der Waals surface area contributed by atoms with Crippen LogP contribution in [0.4, 0.5) is 0 Å². The van der Waals surface area contributed by atoms with E-state index in [1.807, 2.05) is 0 Å². The van der Waals surface area contributed by atoms with Crippen LogP contribution in [0, 0.1) is 0 Å². The third kappa shape index (κ3) is 4.29. The summed E-state index contributed by atoms with van der Waals surface area (Å²) in [6.07, 6.45) is 0. The zero-order valence-corrected chi connectivity index (χ0v) is 13.5. The second-order valence-electron chi connectivity index (χ2n) is 5.19. The van der Waals surface area contributed by atoms with Crippen molar-refractivity contribution in [3.05, 3.63) is 78.4 Å². The number of methoxy groups -OCH3 is 1. The molecule has 3 rings (SSSR count). The zero-order chi connectivity index (χ0) is 17.6. The van der Waals surface area contributed by atoms with Crippen molar-refractivity contribution in [2.75, 3.05) is 7.11 Å². The van der Waals surface area contributed by atoms with E-state index in [1.165, 1.54) is 13.2 Å². The highest BCUT2D eigenvalue weighted by atomic mass is 16.5. The summed E-state index contributed by atoms with van der Waals surface area (Å²) in [7, 11) is 1.34. The van der Waals surface area contributed by atoms with Crippen molar-refractivity contribution in [3.63, 3.8) is 0 Å². The smallest absolute Gasteiger partial charge is 0.337 e. The molecule has 0 unspecified atom stereocenters. The first-order valence-electron chi connectivity index (χ1n) is 7.57. The minimum atomic E-state index is -0.395. The van der Waals surface area contributed by atoms with Gasteiger partial charge in [-0.25, -0.2) is 4.79 Å². The number of phenolic OH excluding ortho intramolecular Hbond substituents is 1. The predicted octanol–water partition coefficient (Wildman–Crippen LogP) is 4.76. The van der Waals surface area contributed by atoms with E-state index in [4.69, 9.17) is 9.47 Å². The number of phenols is 1. The molecule has 3 aromatic carbocycles. The maximum absolute atomic E-state index is 11.4. The molecule has 126 valence electrons. The van der Waals surface area contributed by atoms with E-state index in [9.17, 15) is 9.90 Å². The normalized spacial score (nSPS) is 10.1. The Kier molecular flexibility index (Phi) is 4.85. The quantitative estimate of drug-likeness (QED) is 0.680. The van der Waals surface area contributed by atoms with Gasteiger partial charge in [0.25, 0.3) is 0 Å². The number of carbonyl (C=O) groups is 1. The molecule has 0 aliphatic carbocycles. The molecule has 0 aliphatic heterocycles. The Bertz CT molecular complexity index is 871.